The van der Waals surface area contributed by atoms with E-state index in [1.54, 1.807) is 4.57 Å². The average molecular weight is 683 g/mol. The fourth-order valence-corrected chi connectivity index (χ4v) is 11.0. The number of nitrogens with two attached hydrogens (primary N) is 1. The molecule has 2 heterocycles. The number of hydrogen-bond acceptors (Lipinski definition) is 9. The number of hydrogen-bond donors (Lipinski definition) is 4. The van der Waals surface area contributed by atoms with Gasteiger partial charge in [0.25, 0.3) is 5.56 Å². The Bertz CT molecular complexity index is 1560. The molecule has 0 radical (unpaired) electrons. The molecule has 6 rings (SSSR count). The van der Waals surface area contributed by atoms with Crippen LogP contribution in [0, 0.1) is 52.3 Å². The number of fused-ring (bicyclic) bond motifs is 6. The van der Waals surface area contributed by atoms with Gasteiger partial charge in [0.1, 0.15) is 19.4 Å². The molecule has 12 heteroatoms. The molecule has 1 amide bonds. The Morgan fingerprint density at radius 1 is 1.08 bits per heavy atom. The first-order valence-corrected chi connectivity index (χ1v) is 18.7. The molecule has 2 aromatic heterocycles. The number of rotatable bonds is 12. The fourth-order valence-electron chi connectivity index (χ4n) is 11.0. The van der Waals surface area contributed by atoms with Gasteiger partial charge in [-0.25, -0.2) is 9.78 Å². The number of carbonyl (C=O) groups excluding carboxylic acids is 2. The Kier molecular flexibility index (Phi) is 10.5. The summed E-state index contributed by atoms with van der Waals surface area (Å²) in [6.45, 7) is 11.4. The number of nitrogens with zero attached hydrogens (tertiary/aromatic N) is 3. The summed E-state index contributed by atoms with van der Waals surface area (Å²) in [6, 6.07) is -0.736. The second kappa shape index (κ2) is 14.3. The number of aliphatic hydroxyl groups excluding tert-OH is 1. The Morgan fingerprint density at radius 2 is 1.84 bits per heavy atom. The highest BCUT2D eigenvalue weighted by atomic mass is 16.6. The fraction of sp³-hybridized carbons (Fsp3) is 0.811. The topological polar surface area (TPSA) is 174 Å². The van der Waals surface area contributed by atoms with Crippen LogP contribution in [0.2, 0.25) is 0 Å². The highest BCUT2D eigenvalue weighted by Crippen LogP contribution is 2.68. The number of aliphatic hydroxyl groups is 1. The standard InChI is InChI=1S/C37H58N6O6/c1-21(2)30(34(47)49-17-16-48-20-43-19-39-31-32(43)41-35(38)42-33(31)46)40-29(45)11-6-22(3)26-9-10-27-25-8-7-23-18-24(44)12-14-36(23,4)28(25)13-15-37(26,27)5/h19,21-28,30,44H,6-18,20H2,1-5H3,(H,40,45)(H3,38,41,42,46)/t22?,23?,24-,25?,26?,27?,28?,30?,36?,37?/m1/s1. The zero-order valence-electron chi connectivity index (χ0n) is 30.1. The maximum absolute atomic E-state index is 13.2. The number of imidazole rings is 1. The molecular formula is C37H58N6O6. The van der Waals surface area contributed by atoms with Gasteiger partial charge in [-0.05, 0) is 116 Å². The summed E-state index contributed by atoms with van der Waals surface area (Å²) < 4.78 is 12.6. The molecule has 4 saturated carbocycles. The highest BCUT2D eigenvalue weighted by Gasteiger charge is 2.60. The number of nitrogens with one attached hydrogen (secondary N) is 2. The van der Waals surface area contributed by atoms with Crippen molar-refractivity contribution in [3.63, 3.8) is 0 Å². The van der Waals surface area contributed by atoms with Crippen LogP contribution in [0.3, 0.4) is 0 Å². The molecule has 2 aromatic rings. The quantitative estimate of drug-likeness (QED) is 0.181. The van der Waals surface area contributed by atoms with Gasteiger partial charge in [-0.15, -0.1) is 0 Å². The molecule has 0 aromatic carbocycles. The minimum Gasteiger partial charge on any atom is -0.462 e. The van der Waals surface area contributed by atoms with E-state index in [4.69, 9.17) is 15.2 Å². The van der Waals surface area contributed by atoms with E-state index in [0.29, 0.717) is 40.7 Å². The number of carbonyl (C=O) groups is 2. The SMILES string of the molecule is CC(C)C(NC(=O)CCC(C)C1CCC2C3CCC4C[C@H](O)CCC4(C)C3CCC12C)C(=O)OCCOCn1cnc2c(=O)[nH]c(N)nc21. The van der Waals surface area contributed by atoms with Crippen LogP contribution in [-0.4, -0.2) is 61.9 Å². The van der Waals surface area contributed by atoms with Crippen molar-refractivity contribution >= 4 is 29.0 Å². The maximum Gasteiger partial charge on any atom is 0.328 e. The number of ether oxygens (including phenoxy) is 2. The van der Waals surface area contributed by atoms with Crippen LogP contribution in [0.1, 0.15) is 105 Å². The van der Waals surface area contributed by atoms with Gasteiger partial charge in [0.2, 0.25) is 11.9 Å². The largest absolute Gasteiger partial charge is 0.462 e. The first-order valence-electron chi connectivity index (χ1n) is 18.7. The highest BCUT2D eigenvalue weighted by molar-refractivity contribution is 5.84. The molecule has 272 valence electrons. The average Bonchev–Trinajstić information content (AvgIpc) is 3.63. The van der Waals surface area contributed by atoms with Crippen molar-refractivity contribution in [2.45, 2.75) is 124 Å². The monoisotopic (exact) mass is 682 g/mol. The predicted molar refractivity (Wildman–Crippen MR) is 186 cm³/mol. The summed E-state index contributed by atoms with van der Waals surface area (Å²) in [7, 11) is 0. The van der Waals surface area contributed by atoms with Crippen LogP contribution in [0.5, 0.6) is 0 Å². The summed E-state index contributed by atoms with van der Waals surface area (Å²) in [4.78, 5) is 48.7. The van der Waals surface area contributed by atoms with Gasteiger partial charge in [-0.2, -0.15) is 4.98 Å². The van der Waals surface area contributed by atoms with E-state index in [1.807, 2.05) is 13.8 Å². The van der Waals surface area contributed by atoms with Gasteiger partial charge in [0.05, 0.1) is 19.0 Å². The second-order valence-corrected chi connectivity index (χ2v) is 16.7. The normalized spacial score (nSPS) is 33.8. The first-order chi connectivity index (χ1) is 23.3. The molecule has 49 heavy (non-hydrogen) atoms. The number of anilines is 1. The Hall–Kier alpha value is -2.99. The summed E-state index contributed by atoms with van der Waals surface area (Å²) in [5.74, 6) is 3.36. The van der Waals surface area contributed by atoms with Crippen LogP contribution in [-0.2, 0) is 25.8 Å². The lowest BCUT2D eigenvalue weighted by Crippen LogP contribution is -2.54. The van der Waals surface area contributed by atoms with Crippen LogP contribution in [0.4, 0.5) is 5.95 Å². The van der Waals surface area contributed by atoms with E-state index in [1.165, 1.54) is 51.3 Å². The van der Waals surface area contributed by atoms with E-state index in [2.05, 4.69) is 41.0 Å². The lowest BCUT2D eigenvalue weighted by atomic mass is 9.44. The summed E-state index contributed by atoms with van der Waals surface area (Å²) in [5, 5.41) is 13.3. The first kappa shape index (κ1) is 35.8. The molecular weight excluding hydrogens is 624 g/mol. The lowest BCUT2D eigenvalue weighted by Gasteiger charge is -2.61. The molecule has 5 N–H and O–H groups in total. The van der Waals surface area contributed by atoms with E-state index < -0.39 is 17.6 Å². The van der Waals surface area contributed by atoms with Crippen LogP contribution in [0.15, 0.2) is 11.1 Å². The maximum atomic E-state index is 13.2. The number of aromatic nitrogens is 4. The number of nitrogen functional groups attached to an aromatic ring is 1. The van der Waals surface area contributed by atoms with Crippen molar-refractivity contribution in [1.82, 2.24) is 24.8 Å². The third-order valence-electron chi connectivity index (χ3n) is 13.7. The number of aromatic amines is 1. The molecule has 4 fully saturated rings. The zero-order valence-corrected chi connectivity index (χ0v) is 30.1. The van der Waals surface area contributed by atoms with Gasteiger partial charge in [0.15, 0.2) is 11.2 Å². The van der Waals surface area contributed by atoms with E-state index >= 15 is 0 Å². The molecule has 0 aliphatic heterocycles. The van der Waals surface area contributed by atoms with Crippen LogP contribution in [0.25, 0.3) is 11.2 Å². The summed E-state index contributed by atoms with van der Waals surface area (Å²) in [6.07, 6.45) is 13.4. The van der Waals surface area contributed by atoms with Crippen molar-refractivity contribution < 1.29 is 24.2 Å². The Labute approximate surface area is 289 Å². The van der Waals surface area contributed by atoms with Crippen molar-refractivity contribution in [1.29, 1.82) is 0 Å². The number of esters is 1. The van der Waals surface area contributed by atoms with Crippen molar-refractivity contribution in [2.75, 3.05) is 18.9 Å². The molecule has 0 spiro atoms. The van der Waals surface area contributed by atoms with E-state index in [9.17, 15) is 19.5 Å². The van der Waals surface area contributed by atoms with Crippen molar-refractivity contribution in [3.05, 3.63) is 16.7 Å². The second-order valence-electron chi connectivity index (χ2n) is 16.7. The minimum absolute atomic E-state index is 0.0118. The van der Waals surface area contributed by atoms with Crippen LogP contribution < -0.4 is 16.6 Å². The van der Waals surface area contributed by atoms with E-state index in [0.717, 1.165) is 37.0 Å². The molecule has 12 nitrogen and oxygen atoms in total. The van der Waals surface area contributed by atoms with Gasteiger partial charge >= 0.3 is 5.97 Å². The molecule has 0 saturated heterocycles. The summed E-state index contributed by atoms with van der Waals surface area (Å²) >= 11 is 0. The van der Waals surface area contributed by atoms with Gasteiger partial charge in [0, 0.05) is 6.42 Å². The third-order valence-corrected chi connectivity index (χ3v) is 13.7. The number of amides is 1. The zero-order chi connectivity index (χ0) is 35.1. The van der Waals surface area contributed by atoms with E-state index in [-0.39, 0.29) is 49.3 Å². The van der Waals surface area contributed by atoms with Crippen molar-refractivity contribution in [3.8, 4) is 0 Å². The smallest absolute Gasteiger partial charge is 0.328 e. The number of H-pyrrole nitrogens is 1. The molecule has 9 unspecified atom stereocenters. The third kappa shape index (κ3) is 7.01. The molecule has 10 atom stereocenters. The Balaban J connectivity index is 0.953. The van der Waals surface area contributed by atoms with Gasteiger partial charge in [-0.1, -0.05) is 34.6 Å². The molecule has 0 bridgehead atoms. The lowest BCUT2D eigenvalue weighted by molar-refractivity contribution is -0.151. The Morgan fingerprint density at radius 3 is 2.61 bits per heavy atom. The molecule has 4 aliphatic rings. The van der Waals surface area contributed by atoms with Crippen molar-refractivity contribution in [2.24, 2.45) is 52.3 Å². The van der Waals surface area contributed by atoms with Gasteiger partial charge < -0.3 is 25.6 Å². The van der Waals surface area contributed by atoms with Crippen LogP contribution >= 0.6 is 0 Å². The predicted octanol–water partition coefficient (Wildman–Crippen LogP) is 4.80. The van der Waals surface area contributed by atoms with Gasteiger partial charge in [-0.3, -0.25) is 19.1 Å². The summed E-state index contributed by atoms with van der Waals surface area (Å²) in [5.41, 5.74) is 6.40. The minimum atomic E-state index is -0.736. The molecule has 4 aliphatic carbocycles.